The number of aromatic hydroxyl groups is 1. The lowest BCUT2D eigenvalue weighted by molar-refractivity contribution is -0.118. The van der Waals surface area contributed by atoms with E-state index < -0.39 is 0 Å². The first-order valence-electron chi connectivity index (χ1n) is 10.5. The van der Waals surface area contributed by atoms with Crippen LogP contribution in [-0.2, 0) is 10.5 Å². The average Bonchev–Trinajstić information content (AvgIpc) is 3.14. The Morgan fingerprint density at radius 2 is 1.94 bits per heavy atom. The number of Topliss-reactive ketones (excluding diaryl/α,β-unsaturated/α-hetero) is 1. The molecule has 1 aliphatic carbocycles. The second-order valence-corrected chi connectivity index (χ2v) is 10.3. The fraction of sp³-hybridized carbons (Fsp3) is 0.292. The van der Waals surface area contributed by atoms with Crippen molar-refractivity contribution < 1.29 is 9.90 Å². The fourth-order valence-corrected chi connectivity index (χ4v) is 5.49. The van der Waals surface area contributed by atoms with Crippen LogP contribution in [0.4, 0.5) is 5.95 Å². The molecule has 0 bridgehead atoms. The summed E-state index contributed by atoms with van der Waals surface area (Å²) in [5.41, 5.74) is 3.43. The number of nitrogens with one attached hydrogen (secondary N) is 1. The van der Waals surface area contributed by atoms with Crippen LogP contribution in [0.2, 0.25) is 5.02 Å². The Morgan fingerprint density at radius 1 is 1.19 bits per heavy atom. The van der Waals surface area contributed by atoms with Crippen LogP contribution in [-0.4, -0.2) is 25.7 Å². The van der Waals surface area contributed by atoms with Crippen molar-refractivity contribution >= 4 is 35.1 Å². The zero-order chi connectivity index (χ0) is 22.5. The van der Waals surface area contributed by atoms with E-state index in [9.17, 15) is 9.90 Å². The van der Waals surface area contributed by atoms with Gasteiger partial charge in [-0.25, -0.2) is 4.68 Å². The van der Waals surface area contributed by atoms with Crippen molar-refractivity contribution in [2.45, 2.75) is 43.6 Å². The molecule has 32 heavy (non-hydrogen) atoms. The number of thioether (sulfide) groups is 1. The van der Waals surface area contributed by atoms with Gasteiger partial charge in [0.05, 0.1) is 0 Å². The van der Waals surface area contributed by atoms with E-state index in [1.165, 1.54) is 11.8 Å². The molecule has 2 heterocycles. The second-order valence-electron chi connectivity index (χ2n) is 8.99. The largest absolute Gasteiger partial charge is 0.508 e. The number of nitrogens with zero attached hydrogens (tertiary/aromatic N) is 3. The van der Waals surface area contributed by atoms with Gasteiger partial charge in [-0.05, 0) is 41.2 Å². The van der Waals surface area contributed by atoms with Gasteiger partial charge in [0.15, 0.2) is 5.78 Å². The van der Waals surface area contributed by atoms with Gasteiger partial charge < -0.3 is 10.4 Å². The lowest BCUT2D eigenvalue weighted by Crippen LogP contribution is -2.36. The molecule has 0 saturated carbocycles. The van der Waals surface area contributed by atoms with E-state index in [1.54, 1.807) is 16.8 Å². The minimum absolute atomic E-state index is 0.119. The molecular weight excluding hydrogens is 444 g/mol. The summed E-state index contributed by atoms with van der Waals surface area (Å²) in [6, 6.07) is 14.3. The number of carbonyl (C=O) groups excluding carboxylic acids is 1. The first-order valence-corrected chi connectivity index (χ1v) is 11.8. The maximum atomic E-state index is 13.2. The van der Waals surface area contributed by atoms with Crippen molar-refractivity contribution in [1.82, 2.24) is 14.8 Å². The highest BCUT2D eigenvalue weighted by Crippen LogP contribution is 2.45. The molecule has 0 fully saturated rings. The van der Waals surface area contributed by atoms with E-state index in [0.717, 1.165) is 28.8 Å². The van der Waals surface area contributed by atoms with Crippen LogP contribution in [0.1, 0.15) is 43.9 Å². The molecule has 6 nitrogen and oxygen atoms in total. The second kappa shape index (κ2) is 7.98. The Labute approximate surface area is 195 Å². The molecule has 2 N–H and O–H groups in total. The number of rotatable bonds is 4. The number of ketones is 1. The van der Waals surface area contributed by atoms with E-state index in [0.29, 0.717) is 28.3 Å². The Morgan fingerprint density at radius 3 is 2.69 bits per heavy atom. The first-order chi connectivity index (χ1) is 15.3. The fourth-order valence-electron chi connectivity index (χ4n) is 4.37. The monoisotopic (exact) mass is 466 g/mol. The zero-order valence-electron chi connectivity index (χ0n) is 17.8. The lowest BCUT2D eigenvalue weighted by Gasteiger charge is -2.38. The molecule has 0 amide bonds. The Bertz CT molecular complexity index is 1230. The van der Waals surface area contributed by atoms with E-state index in [1.807, 2.05) is 36.4 Å². The number of anilines is 1. The van der Waals surface area contributed by atoms with Crippen molar-refractivity contribution in [1.29, 1.82) is 0 Å². The highest BCUT2D eigenvalue weighted by molar-refractivity contribution is 7.98. The van der Waals surface area contributed by atoms with Crippen LogP contribution < -0.4 is 5.32 Å². The van der Waals surface area contributed by atoms with Gasteiger partial charge >= 0.3 is 0 Å². The van der Waals surface area contributed by atoms with Gasteiger partial charge in [-0.15, -0.1) is 5.10 Å². The van der Waals surface area contributed by atoms with E-state index in [2.05, 4.69) is 19.2 Å². The summed E-state index contributed by atoms with van der Waals surface area (Å²) >= 11 is 7.80. The van der Waals surface area contributed by atoms with Crippen LogP contribution in [0.15, 0.2) is 65.0 Å². The predicted molar refractivity (Wildman–Crippen MR) is 126 cm³/mol. The molecule has 0 saturated heterocycles. The summed E-state index contributed by atoms with van der Waals surface area (Å²) in [6.07, 6.45) is 1.25. The van der Waals surface area contributed by atoms with Gasteiger partial charge in [0.2, 0.25) is 11.1 Å². The number of allylic oxidation sites excluding steroid dienone is 2. The van der Waals surface area contributed by atoms with Gasteiger partial charge in [0.25, 0.3) is 0 Å². The maximum Gasteiger partial charge on any atom is 0.227 e. The maximum absolute atomic E-state index is 13.2. The van der Waals surface area contributed by atoms with Crippen molar-refractivity contribution in [3.8, 4) is 5.75 Å². The minimum atomic E-state index is -0.382. The molecule has 0 spiro atoms. The third kappa shape index (κ3) is 3.91. The highest BCUT2D eigenvalue weighted by Gasteiger charge is 2.41. The van der Waals surface area contributed by atoms with Crippen LogP contribution >= 0.6 is 23.4 Å². The topological polar surface area (TPSA) is 80.0 Å². The number of benzene rings is 2. The minimum Gasteiger partial charge on any atom is -0.508 e. The molecule has 1 aliphatic heterocycles. The molecule has 2 aliphatic rings. The number of hydrogen-bond donors (Lipinski definition) is 2. The quantitative estimate of drug-likeness (QED) is 0.488. The zero-order valence-corrected chi connectivity index (χ0v) is 19.4. The number of carbonyl (C=O) groups is 1. The number of hydrogen-bond acceptors (Lipinski definition) is 6. The number of fused-ring (bicyclic) bond motifs is 1. The third-order valence-electron chi connectivity index (χ3n) is 5.84. The molecular formula is C24H23ClN4O2S. The summed E-state index contributed by atoms with van der Waals surface area (Å²) in [7, 11) is 0. The predicted octanol–water partition coefficient (Wildman–Crippen LogP) is 5.59. The van der Waals surface area contributed by atoms with Crippen molar-refractivity contribution in [3.05, 3.63) is 76.0 Å². The van der Waals surface area contributed by atoms with Crippen molar-refractivity contribution in [2.75, 3.05) is 5.32 Å². The summed E-state index contributed by atoms with van der Waals surface area (Å²) < 4.78 is 1.79. The van der Waals surface area contributed by atoms with E-state index >= 15 is 0 Å². The van der Waals surface area contributed by atoms with Gasteiger partial charge in [0, 0.05) is 28.5 Å². The molecule has 0 radical (unpaired) electrons. The number of phenols is 1. The lowest BCUT2D eigenvalue weighted by atomic mass is 9.73. The number of aromatic nitrogens is 3. The van der Waals surface area contributed by atoms with Crippen LogP contribution in [0.25, 0.3) is 0 Å². The summed E-state index contributed by atoms with van der Waals surface area (Å²) in [5.74, 6) is 1.57. The van der Waals surface area contributed by atoms with Crippen LogP contribution in [0.5, 0.6) is 5.75 Å². The first kappa shape index (κ1) is 21.1. The molecule has 164 valence electrons. The molecule has 1 unspecified atom stereocenters. The Hall–Kier alpha value is -2.77. The number of phenolic OH excluding ortho intramolecular Hbond substituents is 1. The molecule has 2 aromatic carbocycles. The Balaban J connectivity index is 1.53. The molecule has 3 aromatic rings. The van der Waals surface area contributed by atoms with Crippen molar-refractivity contribution in [2.24, 2.45) is 5.41 Å². The van der Waals surface area contributed by atoms with Gasteiger partial charge in [-0.2, -0.15) is 4.98 Å². The molecule has 5 rings (SSSR count). The SMILES string of the molecule is CC1(C)CC(=O)C2=C(C1)Nc1nc(SCc3ccccc3Cl)nn1C2c1ccc(O)cc1. The standard InChI is InChI=1S/C24H23ClN4O2S/c1-24(2)11-18-20(19(31)12-24)21(14-7-9-16(30)10-8-14)29-22(26-18)27-23(28-29)32-13-15-5-3-4-6-17(15)25/h3-10,21,30H,11-13H2,1-2H3,(H,26,27,28). The van der Waals surface area contributed by atoms with Crippen LogP contribution in [0.3, 0.4) is 0 Å². The van der Waals surface area contributed by atoms with E-state index in [4.69, 9.17) is 21.7 Å². The van der Waals surface area contributed by atoms with Gasteiger partial charge in [0.1, 0.15) is 11.8 Å². The van der Waals surface area contributed by atoms with Crippen LogP contribution in [0, 0.1) is 5.41 Å². The molecule has 8 heteroatoms. The third-order valence-corrected chi connectivity index (χ3v) is 7.09. The molecule has 1 atom stereocenters. The van der Waals surface area contributed by atoms with Gasteiger partial charge in [-0.3, -0.25) is 4.79 Å². The Kier molecular flexibility index (Phi) is 5.26. The highest BCUT2D eigenvalue weighted by atomic mass is 35.5. The average molecular weight is 467 g/mol. The summed E-state index contributed by atoms with van der Waals surface area (Å²) in [5, 5.41) is 19.2. The summed E-state index contributed by atoms with van der Waals surface area (Å²) in [4.78, 5) is 17.9. The smallest absolute Gasteiger partial charge is 0.227 e. The van der Waals surface area contributed by atoms with Crippen molar-refractivity contribution in [3.63, 3.8) is 0 Å². The molecule has 1 aromatic heterocycles. The van der Waals surface area contributed by atoms with E-state index in [-0.39, 0.29) is 23.0 Å². The number of halogens is 1. The summed E-state index contributed by atoms with van der Waals surface area (Å²) in [6.45, 7) is 4.21. The van der Waals surface area contributed by atoms with Gasteiger partial charge in [-0.1, -0.05) is 67.5 Å². The normalized spacial score (nSPS) is 19.3.